The van der Waals surface area contributed by atoms with Gasteiger partial charge in [-0.25, -0.2) is 4.85 Å². The number of ketones is 2. The summed E-state index contributed by atoms with van der Waals surface area (Å²) in [6.45, 7) is 23.8. The highest BCUT2D eigenvalue weighted by atomic mass is 16.1. The van der Waals surface area contributed by atoms with Crippen LogP contribution in [-0.2, 0) is 9.59 Å². The molecule has 0 aliphatic heterocycles. The van der Waals surface area contributed by atoms with Gasteiger partial charge in [0.05, 0.1) is 6.57 Å². The summed E-state index contributed by atoms with van der Waals surface area (Å²) >= 11 is 0. The first kappa shape index (κ1) is 23.3. The van der Waals surface area contributed by atoms with Gasteiger partial charge in [-0.05, 0) is 90.3 Å². The molecule has 33 heavy (non-hydrogen) atoms. The quantitative estimate of drug-likeness (QED) is 0.365. The third kappa shape index (κ3) is 2.85. The Morgan fingerprint density at radius 3 is 2.18 bits per heavy atom. The second kappa shape index (κ2) is 6.83. The van der Waals surface area contributed by atoms with Crippen LogP contribution in [0.4, 0.5) is 0 Å². The number of hydrogen-bond acceptors (Lipinski definition) is 2. The van der Waals surface area contributed by atoms with Gasteiger partial charge >= 0.3 is 0 Å². The van der Waals surface area contributed by atoms with E-state index in [1.54, 1.807) is 0 Å². The zero-order chi connectivity index (χ0) is 24.2. The summed E-state index contributed by atoms with van der Waals surface area (Å²) in [5.74, 6) is 2.31. The number of nitrogens with zero attached hydrogens (tertiary/aromatic N) is 1. The topological polar surface area (TPSA) is 38.5 Å². The second-order valence-corrected chi connectivity index (χ2v) is 14.6. The highest BCUT2D eigenvalue weighted by Gasteiger charge is 2.70. The summed E-state index contributed by atoms with van der Waals surface area (Å²) < 4.78 is 0. The summed E-state index contributed by atoms with van der Waals surface area (Å²) in [5.41, 5.74) is -0.119. The Hall–Kier alpha value is -1.43. The smallest absolute Gasteiger partial charge is 0.226 e. The van der Waals surface area contributed by atoms with Gasteiger partial charge in [-0.15, -0.1) is 0 Å². The minimum atomic E-state index is -0.545. The Balaban J connectivity index is 1.61. The lowest BCUT2D eigenvalue weighted by Gasteiger charge is -2.70. The molecule has 5 rings (SSSR count). The summed E-state index contributed by atoms with van der Waals surface area (Å²) in [5, 5.41) is 0. The third-order valence-electron chi connectivity index (χ3n) is 12.3. The lowest BCUT2D eigenvalue weighted by atomic mass is 9.33. The van der Waals surface area contributed by atoms with Crippen LogP contribution in [0.15, 0.2) is 11.8 Å². The molecule has 0 bridgehead atoms. The molecule has 4 fully saturated rings. The normalized spacial score (nSPS) is 50.1. The maximum absolute atomic E-state index is 14.1. The lowest BCUT2D eigenvalue weighted by Crippen LogP contribution is -2.67. The summed E-state index contributed by atoms with van der Waals surface area (Å²) in [6.07, 6.45) is 10.9. The molecule has 4 saturated carbocycles. The SMILES string of the molecule is [C-]#[N+]C1=C[C@]2(C)C3CC(=O)[C@@H]4[C@@H]5CC(C)(C)CCC5CC[C@@]4(C)[C@]3(C)CC[C@H]2C(C)(C)C1=O. The number of carbonyl (C=O) groups is 2. The summed E-state index contributed by atoms with van der Waals surface area (Å²) in [6, 6.07) is 0. The molecule has 5 aliphatic carbocycles. The monoisotopic (exact) mass is 449 g/mol. The van der Waals surface area contributed by atoms with Crippen LogP contribution < -0.4 is 0 Å². The van der Waals surface area contributed by atoms with Crippen LogP contribution in [-0.4, -0.2) is 11.6 Å². The number of allylic oxidation sites excluding steroid dienone is 2. The molecule has 0 aromatic heterocycles. The van der Waals surface area contributed by atoms with E-state index in [4.69, 9.17) is 6.57 Å². The average molecular weight is 450 g/mol. The molecule has 3 nitrogen and oxygen atoms in total. The van der Waals surface area contributed by atoms with Gasteiger partial charge < -0.3 is 4.79 Å². The van der Waals surface area contributed by atoms with Crippen LogP contribution in [0, 0.1) is 63.2 Å². The first-order chi connectivity index (χ1) is 15.2. The van der Waals surface area contributed by atoms with E-state index >= 15 is 0 Å². The first-order valence-electron chi connectivity index (χ1n) is 13.4. The molecule has 3 heteroatoms. The molecule has 0 spiro atoms. The van der Waals surface area contributed by atoms with Crippen molar-refractivity contribution in [2.45, 2.75) is 99.8 Å². The molecule has 0 aromatic carbocycles. The number of rotatable bonds is 0. The van der Waals surface area contributed by atoms with E-state index in [2.05, 4.69) is 39.5 Å². The van der Waals surface area contributed by atoms with Crippen LogP contribution in [0.25, 0.3) is 4.85 Å². The minimum absolute atomic E-state index is 0.000234. The van der Waals surface area contributed by atoms with E-state index in [0.717, 1.165) is 19.3 Å². The van der Waals surface area contributed by atoms with Crippen molar-refractivity contribution in [3.05, 3.63) is 23.2 Å². The fourth-order valence-electron chi connectivity index (χ4n) is 10.4. The predicted molar refractivity (Wildman–Crippen MR) is 131 cm³/mol. The van der Waals surface area contributed by atoms with E-state index in [1.165, 1.54) is 25.7 Å². The van der Waals surface area contributed by atoms with E-state index in [9.17, 15) is 9.59 Å². The zero-order valence-corrected chi connectivity index (χ0v) is 21.9. The standard InChI is InChI=1S/C30H43NO2/c1-26(2)12-9-18-10-13-30(7)24(19(18)16-26)21(32)15-23-28(5)17-20(31-8)25(33)27(3,4)22(28)11-14-29(23,30)6/h17-19,22-24H,9-16H2,1-7H3/t18?,19-,22+,23?,24+,28+,29-,30-/m1/s1. The summed E-state index contributed by atoms with van der Waals surface area (Å²) in [7, 11) is 0. The van der Waals surface area contributed by atoms with Gasteiger partial charge in [-0.3, -0.25) is 4.79 Å². The first-order valence-corrected chi connectivity index (χ1v) is 13.4. The number of hydrogen-bond donors (Lipinski definition) is 0. The van der Waals surface area contributed by atoms with Gasteiger partial charge in [0.25, 0.3) is 0 Å². The maximum Gasteiger partial charge on any atom is 0.226 e. The Bertz CT molecular complexity index is 982. The highest BCUT2D eigenvalue weighted by molar-refractivity contribution is 6.02. The molecule has 0 N–H and O–H groups in total. The lowest BCUT2D eigenvalue weighted by molar-refractivity contribution is -0.210. The van der Waals surface area contributed by atoms with E-state index in [0.29, 0.717) is 35.2 Å². The fraction of sp³-hybridized carbons (Fsp3) is 0.833. The molecule has 0 radical (unpaired) electrons. The van der Waals surface area contributed by atoms with Crippen LogP contribution in [0.3, 0.4) is 0 Å². The Morgan fingerprint density at radius 1 is 0.879 bits per heavy atom. The van der Waals surface area contributed by atoms with Gasteiger partial charge in [0.15, 0.2) is 5.78 Å². The van der Waals surface area contributed by atoms with Gasteiger partial charge in [-0.1, -0.05) is 54.5 Å². The van der Waals surface area contributed by atoms with Gasteiger partial charge in [0.2, 0.25) is 5.70 Å². The molecule has 2 unspecified atom stereocenters. The molecule has 5 aliphatic rings. The van der Waals surface area contributed by atoms with Gasteiger partial charge in [0, 0.05) is 17.8 Å². The molecular formula is C30H43NO2. The van der Waals surface area contributed by atoms with Crippen molar-refractivity contribution in [2.75, 3.05) is 0 Å². The van der Waals surface area contributed by atoms with Gasteiger partial charge in [0.1, 0.15) is 5.78 Å². The predicted octanol–water partition coefficient (Wildman–Crippen LogP) is 7.27. The molecule has 0 heterocycles. The molecular weight excluding hydrogens is 406 g/mol. The van der Waals surface area contributed by atoms with Crippen LogP contribution in [0.1, 0.15) is 99.8 Å². The zero-order valence-electron chi connectivity index (χ0n) is 21.9. The fourth-order valence-corrected chi connectivity index (χ4v) is 10.4. The van der Waals surface area contributed by atoms with Crippen molar-refractivity contribution in [3.8, 4) is 0 Å². The molecule has 0 aromatic rings. The minimum Gasteiger partial charge on any atom is -0.307 e. The molecule has 0 saturated heterocycles. The van der Waals surface area contributed by atoms with Gasteiger partial charge in [-0.2, -0.15) is 0 Å². The Morgan fingerprint density at radius 2 is 1.52 bits per heavy atom. The van der Waals surface area contributed by atoms with E-state index in [1.807, 2.05) is 19.9 Å². The molecule has 8 atom stereocenters. The summed E-state index contributed by atoms with van der Waals surface area (Å²) in [4.78, 5) is 31.0. The Labute approximate surface area is 201 Å². The van der Waals surface area contributed by atoms with Crippen molar-refractivity contribution in [1.82, 2.24) is 0 Å². The number of carbonyl (C=O) groups excluding carboxylic acids is 2. The molecule has 180 valence electrons. The van der Waals surface area contributed by atoms with Crippen molar-refractivity contribution < 1.29 is 9.59 Å². The van der Waals surface area contributed by atoms with E-state index < -0.39 is 5.41 Å². The van der Waals surface area contributed by atoms with Crippen LogP contribution in [0.5, 0.6) is 0 Å². The average Bonchev–Trinajstić information content (AvgIpc) is 2.72. The Kier molecular flexibility index (Phi) is 4.82. The van der Waals surface area contributed by atoms with Crippen LogP contribution in [0.2, 0.25) is 0 Å². The van der Waals surface area contributed by atoms with Crippen LogP contribution >= 0.6 is 0 Å². The number of fused-ring (bicyclic) bond motifs is 7. The van der Waals surface area contributed by atoms with Crippen molar-refractivity contribution in [1.29, 1.82) is 0 Å². The number of Topliss-reactive ketones (excluding diaryl/α,β-unsaturated/α-hetero) is 2. The largest absolute Gasteiger partial charge is 0.307 e. The van der Waals surface area contributed by atoms with Crippen molar-refractivity contribution in [2.24, 2.45) is 56.7 Å². The van der Waals surface area contributed by atoms with E-state index in [-0.39, 0.29) is 39.8 Å². The van der Waals surface area contributed by atoms with Crippen molar-refractivity contribution >= 4 is 11.6 Å². The molecule has 0 amide bonds. The maximum atomic E-state index is 14.1. The van der Waals surface area contributed by atoms with Crippen molar-refractivity contribution in [3.63, 3.8) is 0 Å². The third-order valence-corrected chi connectivity index (χ3v) is 12.3. The highest BCUT2D eigenvalue weighted by Crippen LogP contribution is 2.74. The second-order valence-electron chi connectivity index (χ2n) is 14.6.